The van der Waals surface area contributed by atoms with Crippen LogP contribution in [-0.4, -0.2) is 50.3 Å². The summed E-state index contributed by atoms with van der Waals surface area (Å²) in [5.41, 5.74) is 0. The Kier molecular flexibility index (Phi) is 9.52. The number of allylic oxidation sites excluding steroid dienone is 1. The molecule has 0 radical (unpaired) electrons. The van der Waals surface area contributed by atoms with E-state index in [1.165, 1.54) is 0 Å². The minimum absolute atomic E-state index is 1.66. The van der Waals surface area contributed by atoms with Gasteiger partial charge in [0.1, 0.15) is 5.38 Å². The Morgan fingerprint density at radius 1 is 0.677 bits per heavy atom. The first-order valence-electron chi connectivity index (χ1n) is 6.89. The van der Waals surface area contributed by atoms with Crippen LogP contribution >= 0.6 is 58.0 Å². The molecular formula is C12H5Cl5F14. The zero-order valence-corrected chi connectivity index (χ0v) is 17.4. The number of alkyl halides is 16. The predicted octanol–water partition coefficient (Wildman–Crippen LogP) is 8.55. The van der Waals surface area contributed by atoms with E-state index in [1.807, 2.05) is 0 Å². The van der Waals surface area contributed by atoms with Gasteiger partial charge in [0.05, 0.1) is 5.38 Å². The second-order valence-corrected chi connectivity index (χ2v) is 8.65. The molecule has 0 heterocycles. The predicted molar refractivity (Wildman–Crippen MR) is 84.2 cm³/mol. The maximum Gasteiger partial charge on any atom is 0.383 e. The van der Waals surface area contributed by atoms with Gasteiger partial charge in [0.15, 0.2) is 0 Å². The molecule has 0 aromatic rings. The summed E-state index contributed by atoms with van der Waals surface area (Å²) in [6.45, 7) is 0. The SMILES string of the molecule is FC(F)=C(F)C(F)C(F)(F)C(F)(F)C(F)(F)C(F)(F)C(F)(Cl)C(Cl)C(Cl)CC(F)(Cl)Cl. The van der Waals surface area contributed by atoms with Crippen molar-refractivity contribution in [1.82, 2.24) is 0 Å². The van der Waals surface area contributed by atoms with Gasteiger partial charge in [-0.05, 0) is 0 Å². The molecule has 0 saturated carbocycles. The largest absolute Gasteiger partial charge is 0.383 e. The van der Waals surface area contributed by atoms with E-state index in [4.69, 9.17) is 46.4 Å². The lowest BCUT2D eigenvalue weighted by Crippen LogP contribution is -2.70. The normalized spacial score (nSPS) is 19.5. The van der Waals surface area contributed by atoms with Crippen LogP contribution in [-0.2, 0) is 0 Å². The quantitative estimate of drug-likeness (QED) is 0.176. The van der Waals surface area contributed by atoms with Crippen molar-refractivity contribution in [3.8, 4) is 0 Å². The van der Waals surface area contributed by atoms with Gasteiger partial charge in [0.2, 0.25) is 12.0 Å². The third kappa shape index (κ3) is 5.65. The van der Waals surface area contributed by atoms with Gasteiger partial charge < -0.3 is 0 Å². The van der Waals surface area contributed by atoms with Crippen molar-refractivity contribution in [2.24, 2.45) is 0 Å². The Labute approximate surface area is 188 Å². The molecule has 0 N–H and O–H groups in total. The fraction of sp³-hybridized carbons (Fsp3) is 0.833. The van der Waals surface area contributed by atoms with Crippen LogP contribution in [0.25, 0.3) is 0 Å². The van der Waals surface area contributed by atoms with Gasteiger partial charge >= 0.3 is 29.8 Å². The van der Waals surface area contributed by atoms with Crippen LogP contribution in [0.15, 0.2) is 11.9 Å². The van der Waals surface area contributed by atoms with Crippen LogP contribution in [0.5, 0.6) is 0 Å². The van der Waals surface area contributed by atoms with Crippen LogP contribution < -0.4 is 0 Å². The number of hydrogen-bond acceptors (Lipinski definition) is 0. The highest BCUT2D eigenvalue weighted by Gasteiger charge is 2.87. The van der Waals surface area contributed by atoms with E-state index >= 15 is 0 Å². The van der Waals surface area contributed by atoms with Crippen molar-refractivity contribution in [2.45, 2.75) is 56.8 Å². The molecule has 0 aliphatic carbocycles. The maximum absolute atomic E-state index is 14.2. The zero-order valence-electron chi connectivity index (χ0n) is 13.6. The second kappa shape index (κ2) is 9.46. The molecule has 0 rings (SSSR count). The molecule has 0 aromatic heterocycles. The molecule has 0 aromatic carbocycles. The summed E-state index contributed by atoms with van der Waals surface area (Å²) >= 11 is 24.0. The van der Waals surface area contributed by atoms with Crippen molar-refractivity contribution in [3.63, 3.8) is 0 Å². The van der Waals surface area contributed by atoms with Crippen molar-refractivity contribution in [2.75, 3.05) is 0 Å². The highest BCUT2D eigenvalue weighted by atomic mass is 35.5. The van der Waals surface area contributed by atoms with Crippen LogP contribution in [0.3, 0.4) is 0 Å². The van der Waals surface area contributed by atoms with Crippen LogP contribution in [0.1, 0.15) is 6.42 Å². The maximum atomic E-state index is 14.2. The standard InChI is InChI=1S/C12H5Cl5F14/c13-2(1-7(15,16)22)4(14)8(17,23)10(26,27)12(30,31)11(28,29)9(24,25)5(19)3(18)6(20)21/h2,4-5H,1H2. The van der Waals surface area contributed by atoms with Crippen molar-refractivity contribution in [3.05, 3.63) is 11.9 Å². The molecular weight excluding hydrogens is 587 g/mol. The topological polar surface area (TPSA) is 0 Å². The summed E-state index contributed by atoms with van der Waals surface area (Å²) in [6, 6.07) is 0. The van der Waals surface area contributed by atoms with E-state index in [-0.39, 0.29) is 0 Å². The smallest absolute Gasteiger partial charge is 0.232 e. The Hall–Kier alpha value is 0.210. The van der Waals surface area contributed by atoms with Crippen LogP contribution in [0, 0.1) is 0 Å². The average Bonchev–Trinajstić information content (AvgIpc) is 2.56. The molecule has 0 amide bonds. The molecule has 4 atom stereocenters. The van der Waals surface area contributed by atoms with Gasteiger partial charge in [0, 0.05) is 6.42 Å². The van der Waals surface area contributed by atoms with E-state index in [0.29, 0.717) is 0 Å². The minimum Gasteiger partial charge on any atom is -0.232 e. The van der Waals surface area contributed by atoms with E-state index in [9.17, 15) is 61.5 Å². The Morgan fingerprint density at radius 3 is 1.39 bits per heavy atom. The summed E-state index contributed by atoms with van der Waals surface area (Å²) in [7, 11) is 0. The van der Waals surface area contributed by atoms with Crippen LogP contribution in [0.4, 0.5) is 61.5 Å². The fourth-order valence-corrected chi connectivity index (χ4v) is 3.19. The first-order valence-corrected chi connectivity index (χ1v) is 8.90. The van der Waals surface area contributed by atoms with E-state index in [2.05, 4.69) is 11.6 Å². The van der Waals surface area contributed by atoms with E-state index < -0.39 is 68.7 Å². The highest BCUT2D eigenvalue weighted by Crippen LogP contribution is 2.61. The average molecular weight is 592 g/mol. The molecule has 4 unspecified atom stereocenters. The Morgan fingerprint density at radius 2 is 1.06 bits per heavy atom. The highest BCUT2D eigenvalue weighted by molar-refractivity contribution is 6.47. The van der Waals surface area contributed by atoms with Crippen molar-refractivity contribution in [1.29, 1.82) is 0 Å². The molecule has 19 heteroatoms. The van der Waals surface area contributed by atoms with Gasteiger partial charge in [0.25, 0.3) is 9.72 Å². The molecule has 0 saturated heterocycles. The first-order chi connectivity index (χ1) is 13.3. The summed E-state index contributed by atoms with van der Waals surface area (Å²) in [5, 5.41) is -11.9. The third-order valence-electron chi connectivity index (χ3n) is 3.44. The van der Waals surface area contributed by atoms with Gasteiger partial charge in [-0.3, -0.25) is 0 Å². The fourth-order valence-electron chi connectivity index (χ4n) is 1.75. The lowest BCUT2D eigenvalue weighted by atomic mass is 9.90. The molecule has 0 nitrogen and oxygen atoms in total. The molecule has 0 fully saturated rings. The van der Waals surface area contributed by atoms with Crippen molar-refractivity contribution < 1.29 is 61.5 Å². The van der Waals surface area contributed by atoms with E-state index in [0.717, 1.165) is 0 Å². The molecule has 0 aliphatic heterocycles. The third-order valence-corrected chi connectivity index (χ3v) is 5.47. The summed E-state index contributed by atoms with van der Waals surface area (Å²) in [5.74, 6) is -34.0. The minimum atomic E-state index is -7.77. The second-order valence-electron chi connectivity index (χ2n) is 5.68. The van der Waals surface area contributed by atoms with E-state index in [1.54, 1.807) is 0 Å². The number of hydrogen-bond donors (Lipinski definition) is 0. The molecule has 0 aliphatic rings. The van der Waals surface area contributed by atoms with Gasteiger partial charge in [-0.25, -0.2) is 17.6 Å². The first kappa shape index (κ1) is 31.2. The van der Waals surface area contributed by atoms with Crippen molar-refractivity contribution >= 4 is 58.0 Å². The number of halogens is 19. The van der Waals surface area contributed by atoms with Crippen LogP contribution in [0.2, 0.25) is 0 Å². The Bertz CT molecular complexity index is 669. The van der Waals surface area contributed by atoms with Gasteiger partial charge in [-0.2, -0.15) is 43.9 Å². The molecule has 0 bridgehead atoms. The summed E-state index contributed by atoms with van der Waals surface area (Å²) in [6.07, 6.45) is -11.2. The lowest BCUT2D eigenvalue weighted by Gasteiger charge is -2.42. The molecule has 31 heavy (non-hydrogen) atoms. The Balaban J connectivity index is 6.40. The molecule has 0 spiro atoms. The molecule has 186 valence electrons. The van der Waals surface area contributed by atoms with Gasteiger partial charge in [-0.1, -0.05) is 34.8 Å². The monoisotopic (exact) mass is 590 g/mol. The lowest BCUT2D eigenvalue weighted by molar-refractivity contribution is -0.386. The number of rotatable bonds is 10. The summed E-state index contributed by atoms with van der Waals surface area (Å²) in [4.78, 5) is 0. The zero-order chi connectivity index (χ0) is 25.6. The van der Waals surface area contributed by atoms with Gasteiger partial charge in [-0.15, -0.1) is 23.2 Å². The summed E-state index contributed by atoms with van der Waals surface area (Å²) < 4.78 is 182.